The predicted octanol–water partition coefficient (Wildman–Crippen LogP) is 3.51. The summed E-state index contributed by atoms with van der Waals surface area (Å²) in [6.07, 6.45) is -3.12. The van der Waals surface area contributed by atoms with Crippen molar-refractivity contribution in [2.75, 3.05) is 36.0 Å². The maximum absolute atomic E-state index is 12.6. The molecule has 8 heteroatoms. The van der Waals surface area contributed by atoms with Gasteiger partial charge >= 0.3 is 6.18 Å². The summed E-state index contributed by atoms with van der Waals surface area (Å²) in [6, 6.07) is 6.47. The maximum Gasteiger partial charge on any atom is 0.433 e. The molecular formula is C18H22F3N5. The van der Waals surface area contributed by atoms with E-state index in [0.29, 0.717) is 18.8 Å². The van der Waals surface area contributed by atoms with Gasteiger partial charge in [0.25, 0.3) is 0 Å². The van der Waals surface area contributed by atoms with Crippen LogP contribution in [0.15, 0.2) is 30.5 Å². The third-order valence-corrected chi connectivity index (χ3v) is 4.43. The molecule has 0 amide bonds. The molecule has 0 aliphatic carbocycles. The van der Waals surface area contributed by atoms with Crippen molar-refractivity contribution in [3.05, 3.63) is 41.9 Å². The molecule has 0 saturated carbocycles. The van der Waals surface area contributed by atoms with Crippen LogP contribution >= 0.6 is 0 Å². The number of pyridine rings is 1. The second kappa shape index (κ2) is 6.74. The van der Waals surface area contributed by atoms with Crippen LogP contribution in [-0.4, -0.2) is 41.4 Å². The highest BCUT2D eigenvalue weighted by Gasteiger charge is 2.32. The van der Waals surface area contributed by atoms with Crippen LogP contribution in [0.3, 0.4) is 0 Å². The third kappa shape index (κ3) is 4.05. The lowest BCUT2D eigenvalue weighted by Gasteiger charge is -2.36. The molecule has 0 unspecified atom stereocenters. The minimum atomic E-state index is -4.41. The van der Waals surface area contributed by atoms with Gasteiger partial charge in [-0.25, -0.2) is 4.98 Å². The van der Waals surface area contributed by atoms with Crippen molar-refractivity contribution in [1.82, 2.24) is 15.2 Å². The van der Waals surface area contributed by atoms with E-state index in [2.05, 4.69) is 40.9 Å². The molecule has 0 aromatic carbocycles. The van der Waals surface area contributed by atoms with Gasteiger partial charge < -0.3 is 9.80 Å². The summed E-state index contributed by atoms with van der Waals surface area (Å²) in [5.74, 6) is 0.822. The van der Waals surface area contributed by atoms with Crippen LogP contribution in [0, 0.1) is 0 Å². The summed E-state index contributed by atoms with van der Waals surface area (Å²) in [6.45, 7) is 9.11. The molecule has 1 saturated heterocycles. The molecular weight excluding hydrogens is 343 g/mol. The van der Waals surface area contributed by atoms with Gasteiger partial charge in [0.05, 0.1) is 17.6 Å². The Balaban J connectivity index is 1.62. The molecule has 1 aliphatic rings. The molecule has 1 fully saturated rings. The number of alkyl halides is 3. The summed E-state index contributed by atoms with van der Waals surface area (Å²) < 4.78 is 37.8. The Bertz CT molecular complexity index is 662. The first-order chi connectivity index (χ1) is 12.1. The fourth-order valence-corrected chi connectivity index (χ4v) is 2.83. The molecule has 0 bridgehead atoms. The van der Waals surface area contributed by atoms with Crippen LogP contribution < -0.4 is 9.80 Å². The van der Waals surface area contributed by atoms with Crippen molar-refractivity contribution in [2.24, 2.45) is 0 Å². The molecule has 0 radical (unpaired) electrons. The van der Waals surface area contributed by atoms with E-state index >= 15 is 0 Å². The number of nitrogens with zero attached hydrogens (tertiary/aromatic N) is 5. The first-order valence-corrected chi connectivity index (χ1v) is 8.52. The van der Waals surface area contributed by atoms with E-state index in [4.69, 9.17) is 0 Å². The van der Waals surface area contributed by atoms with Crippen molar-refractivity contribution < 1.29 is 13.2 Å². The fourth-order valence-electron chi connectivity index (χ4n) is 2.83. The van der Waals surface area contributed by atoms with Crippen molar-refractivity contribution in [3.8, 4) is 0 Å². The number of halogens is 3. The van der Waals surface area contributed by atoms with Gasteiger partial charge in [-0.05, 0) is 24.3 Å². The summed E-state index contributed by atoms with van der Waals surface area (Å²) in [7, 11) is 0. The summed E-state index contributed by atoms with van der Waals surface area (Å²) >= 11 is 0. The molecule has 5 nitrogen and oxygen atoms in total. The monoisotopic (exact) mass is 365 g/mol. The second-order valence-electron chi connectivity index (χ2n) is 7.40. The number of anilines is 2. The molecule has 0 N–H and O–H groups in total. The predicted molar refractivity (Wildman–Crippen MR) is 94.4 cm³/mol. The largest absolute Gasteiger partial charge is 0.433 e. The molecule has 1 aliphatic heterocycles. The summed E-state index contributed by atoms with van der Waals surface area (Å²) in [5.41, 5.74) is 0.733. The van der Waals surface area contributed by atoms with Gasteiger partial charge in [0, 0.05) is 31.6 Å². The van der Waals surface area contributed by atoms with Crippen LogP contribution in [0.4, 0.5) is 24.7 Å². The Morgan fingerprint density at radius 1 is 0.808 bits per heavy atom. The Morgan fingerprint density at radius 2 is 1.42 bits per heavy atom. The van der Waals surface area contributed by atoms with Crippen molar-refractivity contribution in [1.29, 1.82) is 0 Å². The standard InChI is InChI=1S/C18H22F3N5/c1-17(2,3)14-6-7-16(24-23-14)26-10-8-25(9-11-26)13-4-5-15(22-12-13)18(19,20)21/h4-7,12H,8-11H2,1-3H3. The Labute approximate surface area is 150 Å². The first kappa shape index (κ1) is 18.4. The fraction of sp³-hybridized carbons (Fsp3) is 0.500. The summed E-state index contributed by atoms with van der Waals surface area (Å²) in [4.78, 5) is 7.69. The average molecular weight is 365 g/mol. The van der Waals surface area contributed by atoms with E-state index in [0.717, 1.165) is 30.7 Å². The van der Waals surface area contributed by atoms with Gasteiger partial charge in [0.1, 0.15) is 5.69 Å². The van der Waals surface area contributed by atoms with Crippen LogP contribution in [0.1, 0.15) is 32.2 Å². The number of aromatic nitrogens is 3. The third-order valence-electron chi connectivity index (χ3n) is 4.43. The Morgan fingerprint density at radius 3 is 1.88 bits per heavy atom. The maximum atomic E-state index is 12.6. The molecule has 2 aromatic heterocycles. The zero-order valence-corrected chi connectivity index (χ0v) is 15.1. The zero-order valence-electron chi connectivity index (χ0n) is 15.1. The number of hydrogen-bond donors (Lipinski definition) is 0. The smallest absolute Gasteiger partial charge is 0.367 e. The van der Waals surface area contributed by atoms with Crippen LogP contribution in [-0.2, 0) is 11.6 Å². The van der Waals surface area contributed by atoms with E-state index in [-0.39, 0.29) is 5.41 Å². The molecule has 0 spiro atoms. The Hall–Kier alpha value is -2.38. The highest BCUT2D eigenvalue weighted by Crippen LogP contribution is 2.29. The van der Waals surface area contributed by atoms with Crippen molar-refractivity contribution in [2.45, 2.75) is 32.4 Å². The van der Waals surface area contributed by atoms with Crippen LogP contribution in [0.25, 0.3) is 0 Å². The van der Waals surface area contributed by atoms with Crippen LogP contribution in [0.5, 0.6) is 0 Å². The van der Waals surface area contributed by atoms with Gasteiger partial charge in [-0.1, -0.05) is 20.8 Å². The lowest BCUT2D eigenvalue weighted by atomic mass is 9.92. The lowest BCUT2D eigenvalue weighted by Crippen LogP contribution is -2.47. The number of rotatable bonds is 2. The quantitative estimate of drug-likeness (QED) is 0.815. The first-order valence-electron chi connectivity index (χ1n) is 8.52. The van der Waals surface area contributed by atoms with Gasteiger partial charge in [-0.2, -0.15) is 18.3 Å². The number of piperazine rings is 1. The van der Waals surface area contributed by atoms with E-state index in [1.807, 2.05) is 17.0 Å². The van der Waals surface area contributed by atoms with Gasteiger partial charge in [-0.15, -0.1) is 5.10 Å². The topological polar surface area (TPSA) is 45.2 Å². The zero-order chi connectivity index (χ0) is 18.9. The normalized spacial score (nSPS) is 16.1. The number of hydrogen-bond acceptors (Lipinski definition) is 5. The van der Waals surface area contributed by atoms with Crippen molar-refractivity contribution in [3.63, 3.8) is 0 Å². The Kier molecular flexibility index (Phi) is 4.77. The molecule has 2 aromatic rings. The molecule has 3 heterocycles. The van der Waals surface area contributed by atoms with E-state index in [1.54, 1.807) is 0 Å². The minimum absolute atomic E-state index is 0.0419. The van der Waals surface area contributed by atoms with Gasteiger partial charge in [-0.3, -0.25) is 0 Å². The van der Waals surface area contributed by atoms with Gasteiger partial charge in [0.15, 0.2) is 5.82 Å². The molecule has 3 rings (SSSR count). The summed E-state index contributed by atoms with van der Waals surface area (Å²) in [5, 5.41) is 8.64. The second-order valence-corrected chi connectivity index (χ2v) is 7.40. The highest BCUT2D eigenvalue weighted by atomic mass is 19.4. The molecule has 26 heavy (non-hydrogen) atoms. The average Bonchev–Trinajstić information content (AvgIpc) is 2.61. The highest BCUT2D eigenvalue weighted by molar-refractivity contribution is 5.48. The van der Waals surface area contributed by atoms with Gasteiger partial charge in [0.2, 0.25) is 0 Å². The molecule has 0 atom stereocenters. The van der Waals surface area contributed by atoms with Crippen LogP contribution in [0.2, 0.25) is 0 Å². The lowest BCUT2D eigenvalue weighted by molar-refractivity contribution is -0.141. The minimum Gasteiger partial charge on any atom is -0.367 e. The van der Waals surface area contributed by atoms with E-state index in [1.165, 1.54) is 12.3 Å². The van der Waals surface area contributed by atoms with E-state index < -0.39 is 11.9 Å². The van der Waals surface area contributed by atoms with E-state index in [9.17, 15) is 13.2 Å². The van der Waals surface area contributed by atoms with Crippen molar-refractivity contribution >= 4 is 11.5 Å². The molecule has 140 valence electrons. The SMILES string of the molecule is CC(C)(C)c1ccc(N2CCN(c3ccc(C(F)(F)F)nc3)CC2)nn1.